The number of amides is 1. The van der Waals surface area contributed by atoms with Crippen LogP contribution in [0.4, 0.5) is 4.79 Å². The average Bonchev–Trinajstić information content (AvgIpc) is 2.90. The standard InChI is InChI=1S/C15H21N3O6S2/c1-15(2,3)24-14(19)18-6-10-11(7-18)26(22,23)8-9-5-16-13(17-12(9)10)25(4,20)21/h5,10-11H,6-8H2,1-4H3. The van der Waals surface area contributed by atoms with Crippen molar-refractivity contribution in [2.45, 2.75) is 48.4 Å². The predicted octanol–water partition coefficient (Wildman–Crippen LogP) is 0.511. The molecule has 0 saturated carbocycles. The summed E-state index contributed by atoms with van der Waals surface area (Å²) >= 11 is 0. The van der Waals surface area contributed by atoms with Gasteiger partial charge in [-0.25, -0.2) is 31.6 Å². The third-order valence-corrected chi connectivity index (χ3v) is 7.27. The zero-order valence-corrected chi connectivity index (χ0v) is 16.6. The molecule has 1 amide bonds. The normalized spacial score (nSPS) is 24.7. The molecule has 1 fully saturated rings. The monoisotopic (exact) mass is 403 g/mol. The Kier molecular flexibility index (Phi) is 4.30. The van der Waals surface area contributed by atoms with Gasteiger partial charge in [0.2, 0.25) is 15.0 Å². The summed E-state index contributed by atoms with van der Waals surface area (Å²) < 4.78 is 54.0. The van der Waals surface area contributed by atoms with E-state index in [1.165, 1.54) is 11.1 Å². The molecule has 2 aliphatic rings. The number of aromatic nitrogens is 2. The molecule has 3 heterocycles. The highest BCUT2D eigenvalue weighted by atomic mass is 32.2. The van der Waals surface area contributed by atoms with Crippen LogP contribution in [0, 0.1) is 0 Å². The smallest absolute Gasteiger partial charge is 0.410 e. The lowest BCUT2D eigenvalue weighted by Gasteiger charge is -2.25. The molecular weight excluding hydrogens is 382 g/mol. The fraction of sp³-hybridized carbons (Fsp3) is 0.667. The van der Waals surface area contributed by atoms with Gasteiger partial charge in [-0.2, -0.15) is 0 Å². The molecule has 1 aromatic rings. The van der Waals surface area contributed by atoms with Gasteiger partial charge in [-0.15, -0.1) is 0 Å². The molecule has 0 radical (unpaired) electrons. The van der Waals surface area contributed by atoms with Crippen molar-refractivity contribution < 1.29 is 26.4 Å². The van der Waals surface area contributed by atoms with Crippen molar-refractivity contribution >= 4 is 25.8 Å². The quantitative estimate of drug-likeness (QED) is 0.621. The first-order valence-corrected chi connectivity index (χ1v) is 11.6. The van der Waals surface area contributed by atoms with Gasteiger partial charge >= 0.3 is 6.09 Å². The second-order valence-electron chi connectivity index (χ2n) is 7.67. The van der Waals surface area contributed by atoms with E-state index in [-0.39, 0.29) is 24.0 Å². The number of ether oxygens (including phenoxy) is 1. The minimum atomic E-state index is -3.62. The summed E-state index contributed by atoms with van der Waals surface area (Å²) in [6.07, 6.45) is 1.65. The van der Waals surface area contributed by atoms with E-state index < -0.39 is 42.5 Å². The van der Waals surface area contributed by atoms with Crippen LogP contribution < -0.4 is 0 Å². The molecule has 144 valence electrons. The average molecular weight is 403 g/mol. The Morgan fingerprint density at radius 2 is 1.96 bits per heavy atom. The summed E-state index contributed by atoms with van der Waals surface area (Å²) in [6, 6.07) is 0. The minimum Gasteiger partial charge on any atom is -0.444 e. The molecule has 0 bridgehead atoms. The van der Waals surface area contributed by atoms with Crippen molar-refractivity contribution in [2.24, 2.45) is 0 Å². The summed E-state index contributed by atoms with van der Waals surface area (Å²) in [6.45, 7) is 5.29. The Labute approximate surface area is 152 Å². The number of fused-ring (bicyclic) bond motifs is 3. The molecule has 0 aromatic carbocycles. The van der Waals surface area contributed by atoms with Gasteiger partial charge in [0.25, 0.3) is 0 Å². The van der Waals surface area contributed by atoms with Crippen LogP contribution in [0.3, 0.4) is 0 Å². The van der Waals surface area contributed by atoms with Gasteiger partial charge in [-0.1, -0.05) is 0 Å². The van der Waals surface area contributed by atoms with Crippen LogP contribution in [0.5, 0.6) is 0 Å². The van der Waals surface area contributed by atoms with Crippen molar-refractivity contribution in [3.63, 3.8) is 0 Å². The maximum Gasteiger partial charge on any atom is 0.410 e. The van der Waals surface area contributed by atoms with Gasteiger partial charge < -0.3 is 9.64 Å². The van der Waals surface area contributed by atoms with Crippen LogP contribution in [0.25, 0.3) is 0 Å². The molecule has 0 aliphatic carbocycles. The number of likely N-dealkylation sites (tertiary alicyclic amines) is 1. The zero-order valence-electron chi connectivity index (χ0n) is 15.0. The van der Waals surface area contributed by atoms with Crippen molar-refractivity contribution in [3.05, 3.63) is 17.5 Å². The van der Waals surface area contributed by atoms with Crippen LogP contribution >= 0.6 is 0 Å². The third-order valence-electron chi connectivity index (χ3n) is 4.29. The van der Waals surface area contributed by atoms with E-state index in [0.29, 0.717) is 11.3 Å². The van der Waals surface area contributed by atoms with Crippen LogP contribution in [0.1, 0.15) is 37.9 Å². The molecule has 2 atom stereocenters. The molecule has 2 aliphatic heterocycles. The molecule has 1 aromatic heterocycles. The topological polar surface area (TPSA) is 124 Å². The largest absolute Gasteiger partial charge is 0.444 e. The van der Waals surface area contributed by atoms with E-state index in [9.17, 15) is 21.6 Å². The number of carbonyl (C=O) groups is 1. The van der Waals surface area contributed by atoms with Gasteiger partial charge in [0, 0.05) is 37.0 Å². The first-order chi connectivity index (χ1) is 11.8. The Bertz CT molecular complexity index is 966. The van der Waals surface area contributed by atoms with Crippen molar-refractivity contribution in [2.75, 3.05) is 19.3 Å². The van der Waals surface area contributed by atoms with E-state index >= 15 is 0 Å². The lowest BCUT2D eigenvalue weighted by molar-refractivity contribution is 0.0293. The highest BCUT2D eigenvalue weighted by molar-refractivity contribution is 7.91. The first kappa shape index (κ1) is 19.0. The van der Waals surface area contributed by atoms with Gasteiger partial charge in [-0.05, 0) is 20.8 Å². The highest BCUT2D eigenvalue weighted by Crippen LogP contribution is 2.39. The van der Waals surface area contributed by atoms with Crippen molar-refractivity contribution in [1.82, 2.24) is 14.9 Å². The second kappa shape index (κ2) is 5.88. The van der Waals surface area contributed by atoms with Crippen molar-refractivity contribution in [1.29, 1.82) is 0 Å². The molecule has 9 nitrogen and oxygen atoms in total. The summed E-state index contributed by atoms with van der Waals surface area (Å²) in [5.41, 5.74) is 0.0590. The molecule has 1 saturated heterocycles. The van der Waals surface area contributed by atoms with Gasteiger partial charge in [0.1, 0.15) is 5.60 Å². The third kappa shape index (κ3) is 3.54. The van der Waals surface area contributed by atoms with E-state index in [0.717, 1.165) is 6.26 Å². The second-order valence-corrected chi connectivity index (χ2v) is 11.8. The molecular formula is C15H21N3O6S2. The molecule has 0 spiro atoms. The Balaban J connectivity index is 1.99. The summed E-state index contributed by atoms with van der Waals surface area (Å²) in [5, 5.41) is -1.17. The SMILES string of the molecule is CC(C)(C)OC(=O)N1CC2c3nc(S(C)(=O)=O)ncc3CS(=O)(=O)C2C1. The van der Waals surface area contributed by atoms with Gasteiger partial charge in [-0.3, -0.25) is 0 Å². The summed E-state index contributed by atoms with van der Waals surface area (Å²) in [4.78, 5) is 21.6. The molecule has 11 heteroatoms. The van der Waals surface area contributed by atoms with Gasteiger partial charge in [0.15, 0.2) is 9.84 Å². The zero-order chi connectivity index (χ0) is 19.5. The maximum absolute atomic E-state index is 12.6. The number of hydrogen-bond donors (Lipinski definition) is 0. The van der Waals surface area contributed by atoms with Crippen LogP contribution in [-0.4, -0.2) is 68.0 Å². The predicted molar refractivity (Wildman–Crippen MR) is 92.1 cm³/mol. The number of rotatable bonds is 1. The van der Waals surface area contributed by atoms with Crippen LogP contribution in [0.15, 0.2) is 11.4 Å². The molecule has 0 N–H and O–H groups in total. The minimum absolute atomic E-state index is 0.000432. The lowest BCUT2D eigenvalue weighted by atomic mass is 10.00. The fourth-order valence-electron chi connectivity index (χ4n) is 3.21. The first-order valence-electron chi connectivity index (χ1n) is 8.03. The van der Waals surface area contributed by atoms with E-state index in [1.807, 2.05) is 0 Å². The van der Waals surface area contributed by atoms with Crippen LogP contribution in [-0.2, 0) is 30.2 Å². The van der Waals surface area contributed by atoms with Crippen LogP contribution in [0.2, 0.25) is 0 Å². The summed E-state index contributed by atoms with van der Waals surface area (Å²) in [5.74, 6) is -0.866. The number of hydrogen-bond acceptors (Lipinski definition) is 8. The molecule has 26 heavy (non-hydrogen) atoms. The number of carbonyl (C=O) groups excluding carboxylic acids is 1. The van der Waals surface area contributed by atoms with Crippen molar-refractivity contribution in [3.8, 4) is 0 Å². The Hall–Kier alpha value is -1.75. The number of nitrogens with zero attached hydrogens (tertiary/aromatic N) is 3. The highest BCUT2D eigenvalue weighted by Gasteiger charge is 2.49. The molecule has 3 rings (SSSR count). The van der Waals surface area contributed by atoms with E-state index in [2.05, 4.69) is 9.97 Å². The summed E-state index contributed by atoms with van der Waals surface area (Å²) in [7, 11) is -7.14. The maximum atomic E-state index is 12.6. The lowest BCUT2D eigenvalue weighted by Crippen LogP contribution is -2.37. The Morgan fingerprint density at radius 1 is 1.31 bits per heavy atom. The Morgan fingerprint density at radius 3 is 2.54 bits per heavy atom. The fourth-order valence-corrected chi connectivity index (χ4v) is 5.71. The molecule has 2 unspecified atom stereocenters. The van der Waals surface area contributed by atoms with E-state index in [4.69, 9.17) is 4.74 Å². The van der Waals surface area contributed by atoms with Gasteiger partial charge in [0.05, 0.1) is 16.7 Å². The number of sulfone groups is 2. The van der Waals surface area contributed by atoms with E-state index in [1.54, 1.807) is 20.8 Å².